The fraction of sp³-hybridized carbons (Fsp3) is 0.444. The smallest absolute Gasteiger partial charge is 0.269 e. The van der Waals surface area contributed by atoms with Crippen LogP contribution >= 0.6 is 0 Å². The number of amides is 2. The van der Waals surface area contributed by atoms with Gasteiger partial charge >= 0.3 is 0 Å². The van der Waals surface area contributed by atoms with Gasteiger partial charge in [-0.2, -0.15) is 0 Å². The summed E-state index contributed by atoms with van der Waals surface area (Å²) in [6.45, 7) is 3.49. The molecule has 0 unspecified atom stereocenters. The number of nitrogens with one attached hydrogen (secondary N) is 1. The lowest BCUT2D eigenvalue weighted by molar-refractivity contribution is 0.0677. The molecule has 1 N–H and O–H groups in total. The lowest BCUT2D eigenvalue weighted by Crippen LogP contribution is -2.41. The highest BCUT2D eigenvalue weighted by atomic mass is 16.2. The minimum atomic E-state index is -0.260. The van der Waals surface area contributed by atoms with Crippen molar-refractivity contribution in [3.63, 3.8) is 0 Å². The average Bonchev–Trinajstić information content (AvgIpc) is 3.16. The first-order valence-electron chi connectivity index (χ1n) is 8.63. The molecule has 2 aromatic heterocycles. The first kappa shape index (κ1) is 17.1. The molecule has 0 aromatic carbocycles. The van der Waals surface area contributed by atoms with Crippen molar-refractivity contribution in [2.24, 2.45) is 0 Å². The third-order valence-electron chi connectivity index (χ3n) is 4.61. The Morgan fingerprint density at radius 2 is 2.16 bits per heavy atom. The van der Waals surface area contributed by atoms with Gasteiger partial charge in [0.05, 0.1) is 11.6 Å². The van der Waals surface area contributed by atoms with E-state index in [1.807, 2.05) is 17.3 Å². The second-order valence-corrected chi connectivity index (χ2v) is 6.16. The number of hydrogen-bond donors (Lipinski definition) is 1. The van der Waals surface area contributed by atoms with Crippen LogP contribution in [0.2, 0.25) is 0 Å². The molecule has 2 amide bonds. The number of piperidine rings is 1. The molecular formula is C18H23N5O2. The maximum Gasteiger partial charge on any atom is 0.269 e. The second kappa shape index (κ2) is 7.46. The molecule has 0 bridgehead atoms. The number of pyridine rings is 1. The van der Waals surface area contributed by atoms with Crippen molar-refractivity contribution >= 4 is 11.8 Å². The largest absolute Gasteiger partial charge is 0.354 e. The predicted octanol–water partition coefficient (Wildman–Crippen LogP) is 1.68. The molecule has 0 radical (unpaired) electrons. The van der Waals surface area contributed by atoms with E-state index in [-0.39, 0.29) is 17.9 Å². The van der Waals surface area contributed by atoms with E-state index in [1.165, 1.54) is 6.20 Å². The standard InChI is InChI=1S/C18H23N5O2/c1-3-16-20-8-10-23(16)14-5-4-9-22(12-14)18(25)13-6-7-15(21-11-13)17(24)19-2/h6-8,10-11,14H,3-5,9,12H2,1-2H3,(H,19,24)/t14-/m1/s1. The zero-order valence-corrected chi connectivity index (χ0v) is 14.6. The number of hydrogen-bond acceptors (Lipinski definition) is 4. The molecule has 132 valence electrons. The summed E-state index contributed by atoms with van der Waals surface area (Å²) in [5.74, 6) is 0.749. The topological polar surface area (TPSA) is 80.1 Å². The number of aromatic nitrogens is 3. The molecule has 2 aromatic rings. The van der Waals surface area contributed by atoms with Crippen molar-refractivity contribution in [1.29, 1.82) is 0 Å². The molecule has 0 saturated carbocycles. The van der Waals surface area contributed by atoms with Gasteiger partial charge < -0.3 is 14.8 Å². The van der Waals surface area contributed by atoms with Crippen LogP contribution in [0.1, 0.15) is 52.5 Å². The van der Waals surface area contributed by atoms with Gasteiger partial charge in [-0.05, 0) is 25.0 Å². The summed E-state index contributed by atoms with van der Waals surface area (Å²) in [4.78, 5) is 34.7. The van der Waals surface area contributed by atoms with E-state index in [9.17, 15) is 9.59 Å². The molecule has 0 aliphatic carbocycles. The van der Waals surface area contributed by atoms with E-state index in [2.05, 4.69) is 26.8 Å². The molecule has 7 heteroatoms. The Bertz CT molecular complexity index is 753. The first-order chi connectivity index (χ1) is 12.1. The van der Waals surface area contributed by atoms with Crippen molar-refractivity contribution in [1.82, 2.24) is 24.8 Å². The minimum Gasteiger partial charge on any atom is -0.354 e. The summed E-state index contributed by atoms with van der Waals surface area (Å²) in [6, 6.07) is 3.50. The molecule has 25 heavy (non-hydrogen) atoms. The van der Waals surface area contributed by atoms with E-state index in [0.717, 1.165) is 31.6 Å². The van der Waals surface area contributed by atoms with E-state index < -0.39 is 0 Å². The molecule has 1 aliphatic rings. The summed E-state index contributed by atoms with van der Waals surface area (Å²) >= 11 is 0. The highest BCUT2D eigenvalue weighted by Crippen LogP contribution is 2.24. The Morgan fingerprint density at radius 1 is 1.32 bits per heavy atom. The number of imidazole rings is 1. The highest BCUT2D eigenvalue weighted by molar-refractivity contribution is 5.96. The molecule has 1 saturated heterocycles. The lowest BCUT2D eigenvalue weighted by Gasteiger charge is -2.34. The molecule has 7 nitrogen and oxygen atoms in total. The van der Waals surface area contributed by atoms with Crippen LogP contribution in [-0.2, 0) is 6.42 Å². The van der Waals surface area contributed by atoms with Gasteiger partial charge in [0.15, 0.2) is 0 Å². The Morgan fingerprint density at radius 3 is 2.84 bits per heavy atom. The van der Waals surface area contributed by atoms with Crippen molar-refractivity contribution < 1.29 is 9.59 Å². The monoisotopic (exact) mass is 341 g/mol. The highest BCUT2D eigenvalue weighted by Gasteiger charge is 2.26. The zero-order chi connectivity index (χ0) is 17.8. The lowest BCUT2D eigenvalue weighted by atomic mass is 10.0. The molecule has 1 fully saturated rings. The van der Waals surface area contributed by atoms with Crippen LogP contribution in [0.3, 0.4) is 0 Å². The summed E-state index contributed by atoms with van der Waals surface area (Å²) in [7, 11) is 1.55. The Balaban J connectivity index is 1.72. The Hall–Kier alpha value is -2.70. The molecule has 3 heterocycles. The first-order valence-corrected chi connectivity index (χ1v) is 8.63. The van der Waals surface area contributed by atoms with Crippen molar-refractivity contribution in [3.05, 3.63) is 47.8 Å². The summed E-state index contributed by atoms with van der Waals surface area (Å²) in [5, 5.41) is 2.52. The van der Waals surface area contributed by atoms with Crippen LogP contribution in [0.5, 0.6) is 0 Å². The van der Waals surface area contributed by atoms with E-state index in [1.54, 1.807) is 19.2 Å². The number of rotatable bonds is 4. The van der Waals surface area contributed by atoms with Crippen LogP contribution in [0.4, 0.5) is 0 Å². The van der Waals surface area contributed by atoms with Gasteiger partial charge in [-0.15, -0.1) is 0 Å². The average molecular weight is 341 g/mol. The van der Waals surface area contributed by atoms with Crippen LogP contribution in [0, 0.1) is 0 Å². The van der Waals surface area contributed by atoms with Gasteiger partial charge in [0.25, 0.3) is 11.8 Å². The van der Waals surface area contributed by atoms with Gasteiger partial charge in [-0.1, -0.05) is 6.92 Å². The number of likely N-dealkylation sites (tertiary alicyclic amines) is 1. The Kier molecular flexibility index (Phi) is 5.11. The molecule has 1 aliphatic heterocycles. The van der Waals surface area contributed by atoms with Crippen LogP contribution in [0.15, 0.2) is 30.7 Å². The van der Waals surface area contributed by atoms with Crippen molar-refractivity contribution in [3.8, 4) is 0 Å². The van der Waals surface area contributed by atoms with Gasteiger partial charge in [-0.3, -0.25) is 14.6 Å². The number of nitrogens with zero attached hydrogens (tertiary/aromatic N) is 4. The maximum absolute atomic E-state index is 12.8. The fourth-order valence-electron chi connectivity index (χ4n) is 3.28. The van der Waals surface area contributed by atoms with Crippen LogP contribution in [0.25, 0.3) is 0 Å². The molecule has 1 atom stereocenters. The SMILES string of the molecule is CCc1nccn1[C@@H]1CCCN(C(=O)c2ccc(C(=O)NC)nc2)C1. The second-order valence-electron chi connectivity index (χ2n) is 6.16. The zero-order valence-electron chi connectivity index (χ0n) is 14.6. The molecule has 3 rings (SSSR count). The van der Waals surface area contributed by atoms with Gasteiger partial charge in [0.1, 0.15) is 11.5 Å². The van der Waals surface area contributed by atoms with Gasteiger partial charge in [0.2, 0.25) is 0 Å². The summed E-state index contributed by atoms with van der Waals surface area (Å²) in [6.07, 6.45) is 8.17. The van der Waals surface area contributed by atoms with E-state index >= 15 is 0 Å². The minimum absolute atomic E-state index is 0.0428. The fourth-order valence-corrected chi connectivity index (χ4v) is 3.28. The van der Waals surface area contributed by atoms with E-state index in [0.29, 0.717) is 17.8 Å². The van der Waals surface area contributed by atoms with Crippen LogP contribution in [-0.4, -0.2) is 51.4 Å². The summed E-state index contributed by atoms with van der Waals surface area (Å²) < 4.78 is 2.19. The van der Waals surface area contributed by atoms with Crippen molar-refractivity contribution in [2.75, 3.05) is 20.1 Å². The van der Waals surface area contributed by atoms with Crippen LogP contribution < -0.4 is 5.32 Å². The quantitative estimate of drug-likeness (QED) is 0.917. The maximum atomic E-state index is 12.8. The predicted molar refractivity (Wildman–Crippen MR) is 93.4 cm³/mol. The number of aryl methyl sites for hydroxylation is 1. The van der Waals surface area contributed by atoms with Gasteiger partial charge in [0, 0.05) is 45.1 Å². The third kappa shape index (κ3) is 3.55. The molecular weight excluding hydrogens is 318 g/mol. The Labute approximate surface area is 147 Å². The third-order valence-corrected chi connectivity index (χ3v) is 4.61. The normalized spacial score (nSPS) is 17.4. The summed E-state index contributed by atoms with van der Waals surface area (Å²) in [5.41, 5.74) is 0.816. The van der Waals surface area contributed by atoms with Crippen molar-refractivity contribution in [2.45, 2.75) is 32.2 Å². The molecule has 0 spiro atoms. The van der Waals surface area contributed by atoms with E-state index in [4.69, 9.17) is 0 Å². The number of carbonyl (C=O) groups is 2. The number of carbonyl (C=O) groups excluding carboxylic acids is 2. The van der Waals surface area contributed by atoms with Gasteiger partial charge in [-0.25, -0.2) is 4.98 Å².